The number of nitrogens with zero attached hydrogens (tertiary/aromatic N) is 2. The standard InChI is InChI=1S/C12H25N3O2/c1-13-5-4-12(16)15-7-3-6-14(8-9-15)10-11-17-2/h13H,3-11H2,1-2H3. The number of nitrogens with one attached hydrogen (secondary N) is 1. The van der Waals surface area contributed by atoms with E-state index in [4.69, 9.17) is 4.74 Å². The quantitative estimate of drug-likeness (QED) is 0.700. The maximum atomic E-state index is 11.9. The number of hydrogen-bond acceptors (Lipinski definition) is 4. The number of ether oxygens (including phenoxy) is 1. The monoisotopic (exact) mass is 243 g/mol. The molecule has 0 bridgehead atoms. The molecule has 0 spiro atoms. The van der Waals surface area contributed by atoms with Crippen molar-refractivity contribution in [2.45, 2.75) is 12.8 Å². The summed E-state index contributed by atoms with van der Waals surface area (Å²) in [7, 11) is 3.60. The van der Waals surface area contributed by atoms with Gasteiger partial charge < -0.3 is 15.0 Å². The Bertz CT molecular complexity index is 224. The zero-order valence-corrected chi connectivity index (χ0v) is 11.1. The van der Waals surface area contributed by atoms with Gasteiger partial charge in [-0.2, -0.15) is 0 Å². The lowest BCUT2D eigenvalue weighted by Gasteiger charge is -2.21. The Balaban J connectivity index is 2.28. The van der Waals surface area contributed by atoms with Gasteiger partial charge in [0.25, 0.3) is 0 Å². The summed E-state index contributed by atoms with van der Waals surface area (Å²) in [4.78, 5) is 16.2. The van der Waals surface area contributed by atoms with Gasteiger partial charge in [-0.05, 0) is 20.0 Å². The zero-order chi connectivity index (χ0) is 12.5. The van der Waals surface area contributed by atoms with Crippen LogP contribution in [0.15, 0.2) is 0 Å². The largest absolute Gasteiger partial charge is 0.383 e. The smallest absolute Gasteiger partial charge is 0.223 e. The third-order valence-electron chi connectivity index (χ3n) is 3.14. The van der Waals surface area contributed by atoms with Crippen LogP contribution in [0.5, 0.6) is 0 Å². The molecule has 1 heterocycles. The molecule has 0 aromatic heterocycles. The van der Waals surface area contributed by atoms with Crippen LogP contribution in [-0.2, 0) is 9.53 Å². The van der Waals surface area contributed by atoms with Crippen molar-refractivity contribution in [1.29, 1.82) is 0 Å². The molecule has 5 heteroatoms. The summed E-state index contributed by atoms with van der Waals surface area (Å²) in [6.45, 7) is 6.29. The minimum Gasteiger partial charge on any atom is -0.383 e. The van der Waals surface area contributed by atoms with Crippen molar-refractivity contribution < 1.29 is 9.53 Å². The second kappa shape index (κ2) is 8.44. The van der Waals surface area contributed by atoms with E-state index >= 15 is 0 Å². The Morgan fingerprint density at radius 1 is 1.29 bits per heavy atom. The van der Waals surface area contributed by atoms with Gasteiger partial charge in [0, 0.05) is 46.3 Å². The first kappa shape index (κ1) is 14.4. The van der Waals surface area contributed by atoms with Crippen LogP contribution in [0.1, 0.15) is 12.8 Å². The van der Waals surface area contributed by atoms with Gasteiger partial charge in [0.15, 0.2) is 0 Å². The van der Waals surface area contributed by atoms with E-state index in [1.54, 1.807) is 7.11 Å². The number of carbonyl (C=O) groups excluding carboxylic acids is 1. The predicted octanol–water partition coefficient (Wildman–Crippen LogP) is -0.223. The second-order valence-electron chi connectivity index (χ2n) is 4.42. The number of hydrogen-bond donors (Lipinski definition) is 1. The fraction of sp³-hybridized carbons (Fsp3) is 0.917. The van der Waals surface area contributed by atoms with Gasteiger partial charge in [0.1, 0.15) is 0 Å². The van der Waals surface area contributed by atoms with Crippen LogP contribution >= 0.6 is 0 Å². The van der Waals surface area contributed by atoms with Gasteiger partial charge in [-0.3, -0.25) is 9.69 Å². The fourth-order valence-electron chi connectivity index (χ4n) is 2.05. The van der Waals surface area contributed by atoms with Gasteiger partial charge in [-0.1, -0.05) is 0 Å². The first-order valence-electron chi connectivity index (χ1n) is 6.41. The third kappa shape index (κ3) is 5.48. The Morgan fingerprint density at radius 2 is 2.12 bits per heavy atom. The summed E-state index contributed by atoms with van der Waals surface area (Å²) in [6, 6.07) is 0. The lowest BCUT2D eigenvalue weighted by molar-refractivity contribution is -0.130. The summed E-state index contributed by atoms with van der Waals surface area (Å²) in [5, 5.41) is 3.02. The van der Waals surface area contributed by atoms with E-state index in [2.05, 4.69) is 10.2 Å². The minimum absolute atomic E-state index is 0.271. The van der Waals surface area contributed by atoms with Gasteiger partial charge >= 0.3 is 0 Å². The lowest BCUT2D eigenvalue weighted by atomic mass is 10.3. The van der Waals surface area contributed by atoms with E-state index in [9.17, 15) is 4.79 Å². The molecule has 1 N–H and O–H groups in total. The molecule has 100 valence electrons. The molecule has 1 amide bonds. The molecule has 5 nitrogen and oxygen atoms in total. The molecule has 0 aliphatic carbocycles. The summed E-state index contributed by atoms with van der Waals surface area (Å²) < 4.78 is 5.08. The van der Waals surface area contributed by atoms with Crippen molar-refractivity contribution >= 4 is 5.91 Å². The van der Waals surface area contributed by atoms with E-state index < -0.39 is 0 Å². The summed E-state index contributed by atoms with van der Waals surface area (Å²) in [5.74, 6) is 0.271. The SMILES string of the molecule is CNCCC(=O)N1CCCN(CCOC)CC1. The molecular weight excluding hydrogens is 218 g/mol. The van der Waals surface area contributed by atoms with Gasteiger partial charge in [0.05, 0.1) is 6.61 Å². The van der Waals surface area contributed by atoms with Crippen LogP contribution in [0, 0.1) is 0 Å². The van der Waals surface area contributed by atoms with Crippen molar-refractivity contribution in [2.75, 3.05) is 60.0 Å². The van der Waals surface area contributed by atoms with Crippen LogP contribution in [0.25, 0.3) is 0 Å². The Labute approximate surface area is 104 Å². The van der Waals surface area contributed by atoms with E-state index in [1.807, 2.05) is 11.9 Å². The second-order valence-corrected chi connectivity index (χ2v) is 4.42. The van der Waals surface area contributed by atoms with E-state index in [1.165, 1.54) is 0 Å². The average molecular weight is 243 g/mol. The Kier molecular flexibility index (Phi) is 7.16. The van der Waals surface area contributed by atoms with E-state index in [-0.39, 0.29) is 5.91 Å². The van der Waals surface area contributed by atoms with Gasteiger partial charge in [0.2, 0.25) is 5.91 Å². The summed E-state index contributed by atoms with van der Waals surface area (Å²) >= 11 is 0. The maximum absolute atomic E-state index is 11.9. The highest BCUT2D eigenvalue weighted by Crippen LogP contribution is 2.04. The molecule has 1 aliphatic heterocycles. The van der Waals surface area contributed by atoms with E-state index in [0.717, 1.165) is 52.3 Å². The van der Waals surface area contributed by atoms with Crippen LogP contribution in [0.4, 0.5) is 0 Å². The normalized spacial score (nSPS) is 18.1. The lowest BCUT2D eigenvalue weighted by Crippen LogP contribution is -2.36. The van der Waals surface area contributed by atoms with Crippen molar-refractivity contribution in [3.63, 3.8) is 0 Å². The fourth-order valence-corrected chi connectivity index (χ4v) is 2.05. The molecular formula is C12H25N3O2. The molecule has 0 aromatic rings. The maximum Gasteiger partial charge on any atom is 0.223 e. The topological polar surface area (TPSA) is 44.8 Å². The summed E-state index contributed by atoms with van der Waals surface area (Å²) in [5.41, 5.74) is 0. The molecule has 17 heavy (non-hydrogen) atoms. The van der Waals surface area contributed by atoms with Crippen molar-refractivity contribution in [3.8, 4) is 0 Å². The minimum atomic E-state index is 0.271. The highest BCUT2D eigenvalue weighted by molar-refractivity contribution is 5.76. The molecule has 1 aliphatic rings. The van der Waals surface area contributed by atoms with Crippen molar-refractivity contribution in [1.82, 2.24) is 15.1 Å². The number of carbonyl (C=O) groups is 1. The van der Waals surface area contributed by atoms with E-state index in [0.29, 0.717) is 6.42 Å². The molecule has 0 aromatic carbocycles. The predicted molar refractivity (Wildman–Crippen MR) is 68.1 cm³/mol. The highest BCUT2D eigenvalue weighted by atomic mass is 16.5. The third-order valence-corrected chi connectivity index (χ3v) is 3.14. The van der Waals surface area contributed by atoms with Crippen LogP contribution in [0.3, 0.4) is 0 Å². The van der Waals surface area contributed by atoms with Gasteiger partial charge in [-0.25, -0.2) is 0 Å². The zero-order valence-electron chi connectivity index (χ0n) is 11.1. The first-order valence-corrected chi connectivity index (χ1v) is 6.41. The van der Waals surface area contributed by atoms with Crippen LogP contribution in [-0.4, -0.2) is 75.7 Å². The molecule has 1 fully saturated rings. The molecule has 1 saturated heterocycles. The Hall–Kier alpha value is -0.650. The molecule has 0 saturated carbocycles. The number of amides is 1. The average Bonchev–Trinajstić information content (AvgIpc) is 2.59. The van der Waals surface area contributed by atoms with Gasteiger partial charge in [-0.15, -0.1) is 0 Å². The van der Waals surface area contributed by atoms with Crippen molar-refractivity contribution in [2.24, 2.45) is 0 Å². The highest BCUT2D eigenvalue weighted by Gasteiger charge is 2.18. The molecule has 0 radical (unpaired) electrons. The molecule has 0 atom stereocenters. The number of rotatable bonds is 6. The first-order chi connectivity index (χ1) is 8.27. The molecule has 0 unspecified atom stereocenters. The van der Waals surface area contributed by atoms with Crippen LogP contribution in [0.2, 0.25) is 0 Å². The molecule has 1 rings (SSSR count). The van der Waals surface area contributed by atoms with Crippen molar-refractivity contribution in [3.05, 3.63) is 0 Å². The summed E-state index contributed by atoms with van der Waals surface area (Å²) in [6.07, 6.45) is 1.67. The van der Waals surface area contributed by atoms with Crippen LogP contribution < -0.4 is 5.32 Å². The number of methoxy groups -OCH3 is 1. The Morgan fingerprint density at radius 3 is 2.82 bits per heavy atom.